The van der Waals surface area contributed by atoms with E-state index in [1.165, 1.54) is 33.2 Å². The molecular formula is C21H23N. The van der Waals surface area contributed by atoms with Gasteiger partial charge in [-0.25, -0.2) is 4.98 Å². The average Bonchev–Trinajstić information content (AvgIpc) is 2.44. The van der Waals surface area contributed by atoms with Gasteiger partial charge in [0.2, 0.25) is 0 Å². The smallest absolute Gasteiger partial charge is 0.0739 e. The van der Waals surface area contributed by atoms with Gasteiger partial charge in [0.15, 0.2) is 0 Å². The highest BCUT2D eigenvalue weighted by Crippen LogP contribution is 2.28. The first-order valence-electron chi connectivity index (χ1n) is 7.94. The Labute approximate surface area is 133 Å². The third kappa shape index (κ3) is 2.76. The summed E-state index contributed by atoms with van der Waals surface area (Å²) in [6.07, 6.45) is 0. The van der Waals surface area contributed by atoms with Crippen LogP contribution in [-0.4, -0.2) is 4.98 Å². The summed E-state index contributed by atoms with van der Waals surface area (Å²) in [7, 11) is 0. The third-order valence-electron chi connectivity index (χ3n) is 4.19. The molecule has 0 aliphatic rings. The summed E-state index contributed by atoms with van der Waals surface area (Å²) in [5, 5.41) is 1.23. The van der Waals surface area contributed by atoms with Gasteiger partial charge in [-0.05, 0) is 68.1 Å². The summed E-state index contributed by atoms with van der Waals surface area (Å²) in [6.45, 7) is 10.9. The van der Waals surface area contributed by atoms with Gasteiger partial charge >= 0.3 is 0 Å². The van der Waals surface area contributed by atoms with Gasteiger partial charge in [-0.15, -0.1) is 0 Å². The normalized spacial score (nSPS) is 11.4. The Balaban J connectivity index is 2.19. The zero-order chi connectivity index (χ0) is 15.9. The first kappa shape index (κ1) is 14.8. The molecule has 1 heterocycles. The first-order chi connectivity index (χ1) is 10.4. The Hall–Kier alpha value is -2.15. The number of nitrogens with zero attached hydrogens (tertiary/aromatic N) is 1. The van der Waals surface area contributed by atoms with Crippen LogP contribution in [0, 0.1) is 20.8 Å². The number of aryl methyl sites for hydroxylation is 3. The Bertz CT molecular complexity index is 824. The topological polar surface area (TPSA) is 12.9 Å². The lowest BCUT2D eigenvalue weighted by molar-refractivity contribution is 0.868. The molecule has 0 spiro atoms. The minimum atomic E-state index is 0.545. The lowest BCUT2D eigenvalue weighted by Crippen LogP contribution is -1.93. The molecule has 22 heavy (non-hydrogen) atoms. The molecule has 112 valence electrons. The van der Waals surface area contributed by atoms with E-state index in [2.05, 4.69) is 77.1 Å². The lowest BCUT2D eigenvalue weighted by atomic mass is 9.98. The molecule has 3 rings (SSSR count). The molecule has 0 amide bonds. The first-order valence-corrected chi connectivity index (χ1v) is 7.94. The summed E-state index contributed by atoms with van der Waals surface area (Å²) in [5.74, 6) is 0.545. The van der Waals surface area contributed by atoms with Crippen molar-refractivity contribution in [2.24, 2.45) is 0 Å². The van der Waals surface area contributed by atoms with Gasteiger partial charge in [0.25, 0.3) is 0 Å². The van der Waals surface area contributed by atoms with Crippen molar-refractivity contribution in [3.05, 3.63) is 64.7 Å². The second kappa shape index (κ2) is 5.57. The maximum atomic E-state index is 4.93. The van der Waals surface area contributed by atoms with Crippen molar-refractivity contribution in [2.45, 2.75) is 40.5 Å². The van der Waals surface area contributed by atoms with Crippen molar-refractivity contribution < 1.29 is 0 Å². The fraction of sp³-hybridized carbons (Fsp3) is 0.286. The molecule has 0 saturated carbocycles. The maximum absolute atomic E-state index is 4.93. The fourth-order valence-electron chi connectivity index (χ4n) is 3.06. The van der Waals surface area contributed by atoms with E-state index in [4.69, 9.17) is 4.98 Å². The summed E-state index contributed by atoms with van der Waals surface area (Å²) in [4.78, 5) is 4.93. The van der Waals surface area contributed by atoms with Crippen molar-refractivity contribution in [1.29, 1.82) is 0 Å². The molecule has 0 aliphatic carbocycles. The molecule has 1 heteroatoms. The molecular weight excluding hydrogens is 266 g/mol. The summed E-state index contributed by atoms with van der Waals surface area (Å²) in [5.41, 5.74) is 8.55. The lowest BCUT2D eigenvalue weighted by Gasteiger charge is -2.11. The number of fused-ring (bicyclic) bond motifs is 1. The van der Waals surface area contributed by atoms with Crippen LogP contribution in [0.5, 0.6) is 0 Å². The monoisotopic (exact) mass is 289 g/mol. The molecule has 0 atom stereocenters. The third-order valence-corrected chi connectivity index (χ3v) is 4.19. The molecule has 0 aliphatic heterocycles. The SMILES string of the molecule is Cc1cc(C)cc(-c2nc3ccc(C(C)C)cc3cc2C)c1. The van der Waals surface area contributed by atoms with Crippen LogP contribution in [0.25, 0.3) is 22.2 Å². The van der Waals surface area contributed by atoms with Gasteiger partial charge in [0, 0.05) is 10.9 Å². The quantitative estimate of drug-likeness (QED) is 0.568. The highest BCUT2D eigenvalue weighted by atomic mass is 14.7. The molecule has 2 aromatic carbocycles. The molecule has 3 aromatic rings. The number of benzene rings is 2. The molecule has 0 N–H and O–H groups in total. The standard InChI is InChI=1S/C21H23N/c1-13(2)17-6-7-20-18(12-17)11-16(5)21(22-20)19-9-14(3)8-15(4)10-19/h6-13H,1-5H3. The molecule has 0 radical (unpaired) electrons. The second-order valence-corrected chi connectivity index (χ2v) is 6.64. The van der Waals surface area contributed by atoms with Crippen molar-refractivity contribution in [3.63, 3.8) is 0 Å². The van der Waals surface area contributed by atoms with Gasteiger partial charge in [-0.3, -0.25) is 0 Å². The van der Waals surface area contributed by atoms with E-state index < -0.39 is 0 Å². The average molecular weight is 289 g/mol. The van der Waals surface area contributed by atoms with E-state index in [0.29, 0.717) is 5.92 Å². The van der Waals surface area contributed by atoms with Crippen LogP contribution in [0.3, 0.4) is 0 Å². The van der Waals surface area contributed by atoms with Crippen molar-refractivity contribution in [3.8, 4) is 11.3 Å². The summed E-state index contributed by atoms with van der Waals surface area (Å²) >= 11 is 0. The van der Waals surface area contributed by atoms with Crippen LogP contribution in [0.2, 0.25) is 0 Å². The van der Waals surface area contributed by atoms with Crippen molar-refractivity contribution in [1.82, 2.24) is 4.98 Å². The Kier molecular flexibility index (Phi) is 3.74. The number of pyridine rings is 1. The van der Waals surface area contributed by atoms with Crippen LogP contribution in [0.4, 0.5) is 0 Å². The van der Waals surface area contributed by atoms with E-state index in [9.17, 15) is 0 Å². The van der Waals surface area contributed by atoms with E-state index >= 15 is 0 Å². The fourth-order valence-corrected chi connectivity index (χ4v) is 3.06. The predicted molar refractivity (Wildman–Crippen MR) is 95.5 cm³/mol. The van der Waals surface area contributed by atoms with Gasteiger partial charge in [0.1, 0.15) is 0 Å². The Morgan fingerprint density at radius 2 is 1.50 bits per heavy atom. The maximum Gasteiger partial charge on any atom is 0.0739 e. The molecule has 1 nitrogen and oxygen atoms in total. The van der Waals surface area contributed by atoms with Crippen LogP contribution in [-0.2, 0) is 0 Å². The molecule has 0 saturated heterocycles. The van der Waals surface area contributed by atoms with E-state index in [1.807, 2.05) is 0 Å². The van der Waals surface area contributed by atoms with Crippen molar-refractivity contribution in [2.75, 3.05) is 0 Å². The second-order valence-electron chi connectivity index (χ2n) is 6.64. The van der Waals surface area contributed by atoms with Crippen LogP contribution in [0.1, 0.15) is 42.0 Å². The molecule has 0 unspecified atom stereocenters. The number of hydrogen-bond donors (Lipinski definition) is 0. The highest BCUT2D eigenvalue weighted by molar-refractivity contribution is 5.84. The predicted octanol–water partition coefficient (Wildman–Crippen LogP) is 5.95. The molecule has 1 aromatic heterocycles. The van der Waals surface area contributed by atoms with Crippen molar-refractivity contribution >= 4 is 10.9 Å². The zero-order valence-electron chi connectivity index (χ0n) is 14.1. The molecule has 0 fully saturated rings. The van der Waals surface area contributed by atoms with E-state index in [0.717, 1.165) is 11.2 Å². The van der Waals surface area contributed by atoms with Crippen LogP contribution in [0.15, 0.2) is 42.5 Å². The minimum Gasteiger partial charge on any atom is -0.248 e. The van der Waals surface area contributed by atoms with Gasteiger partial charge in [0.05, 0.1) is 11.2 Å². The Morgan fingerprint density at radius 1 is 0.818 bits per heavy atom. The van der Waals surface area contributed by atoms with Gasteiger partial charge in [-0.1, -0.05) is 37.1 Å². The van der Waals surface area contributed by atoms with E-state index in [-0.39, 0.29) is 0 Å². The minimum absolute atomic E-state index is 0.545. The van der Waals surface area contributed by atoms with Gasteiger partial charge in [-0.2, -0.15) is 0 Å². The Morgan fingerprint density at radius 3 is 2.14 bits per heavy atom. The summed E-state index contributed by atoms with van der Waals surface area (Å²) < 4.78 is 0. The number of aromatic nitrogens is 1. The molecule has 0 bridgehead atoms. The largest absolute Gasteiger partial charge is 0.248 e. The van der Waals surface area contributed by atoms with Crippen LogP contribution >= 0.6 is 0 Å². The number of hydrogen-bond acceptors (Lipinski definition) is 1. The van der Waals surface area contributed by atoms with E-state index in [1.54, 1.807) is 0 Å². The van der Waals surface area contributed by atoms with Gasteiger partial charge < -0.3 is 0 Å². The summed E-state index contributed by atoms with van der Waals surface area (Å²) in [6, 6.07) is 15.5. The zero-order valence-corrected chi connectivity index (χ0v) is 14.1. The van der Waals surface area contributed by atoms with Crippen LogP contribution < -0.4 is 0 Å². The number of rotatable bonds is 2. The highest BCUT2D eigenvalue weighted by Gasteiger charge is 2.09.